The molecule has 1 rings (SSSR count). The van der Waals surface area contributed by atoms with E-state index in [2.05, 4.69) is 54.5 Å². The molecular formula is C19H34O2Si. The Morgan fingerprint density at radius 3 is 1.82 bits per heavy atom. The molecule has 0 amide bonds. The smallest absolute Gasteiger partial charge is 0.258 e. The Labute approximate surface area is 138 Å². The van der Waals surface area contributed by atoms with E-state index >= 15 is 0 Å². The SMILES string of the molecule is CCCCOc1ccccc1O[Si](C(C)C)(C(C)C)C(C)C. The highest BCUT2D eigenvalue weighted by molar-refractivity contribution is 6.78. The van der Waals surface area contributed by atoms with Crippen LogP contribution in [0.2, 0.25) is 16.6 Å². The van der Waals surface area contributed by atoms with Crippen molar-refractivity contribution in [2.75, 3.05) is 6.61 Å². The fourth-order valence-electron chi connectivity index (χ4n) is 3.52. The average Bonchev–Trinajstić information content (AvgIpc) is 2.45. The maximum Gasteiger partial charge on any atom is 0.258 e. The van der Waals surface area contributed by atoms with Gasteiger partial charge in [-0.15, -0.1) is 0 Å². The van der Waals surface area contributed by atoms with Crippen LogP contribution in [0, 0.1) is 0 Å². The van der Waals surface area contributed by atoms with Gasteiger partial charge in [-0.3, -0.25) is 0 Å². The van der Waals surface area contributed by atoms with Gasteiger partial charge in [-0.25, -0.2) is 0 Å². The Kier molecular flexibility index (Phi) is 7.47. The summed E-state index contributed by atoms with van der Waals surface area (Å²) < 4.78 is 12.7. The van der Waals surface area contributed by atoms with Crippen LogP contribution in [0.25, 0.3) is 0 Å². The lowest BCUT2D eigenvalue weighted by Crippen LogP contribution is -2.50. The first kappa shape index (κ1) is 19.1. The van der Waals surface area contributed by atoms with Gasteiger partial charge in [0.1, 0.15) is 5.75 Å². The van der Waals surface area contributed by atoms with Crippen molar-refractivity contribution in [1.82, 2.24) is 0 Å². The first-order valence-corrected chi connectivity index (χ1v) is 10.9. The van der Waals surface area contributed by atoms with Crippen LogP contribution < -0.4 is 9.16 Å². The van der Waals surface area contributed by atoms with Crippen LogP contribution in [0.15, 0.2) is 24.3 Å². The molecule has 0 saturated heterocycles. The quantitative estimate of drug-likeness (QED) is 0.386. The second kappa shape index (κ2) is 8.61. The lowest BCUT2D eigenvalue weighted by atomic mass is 10.3. The Bertz CT molecular complexity index is 419. The van der Waals surface area contributed by atoms with Gasteiger partial charge in [-0.2, -0.15) is 0 Å². The van der Waals surface area contributed by atoms with Crippen molar-refractivity contribution in [1.29, 1.82) is 0 Å². The van der Waals surface area contributed by atoms with Crippen LogP contribution in [0.1, 0.15) is 61.3 Å². The van der Waals surface area contributed by atoms with Gasteiger partial charge in [0.2, 0.25) is 0 Å². The lowest BCUT2D eigenvalue weighted by molar-refractivity contribution is 0.297. The van der Waals surface area contributed by atoms with Gasteiger partial charge in [-0.05, 0) is 35.2 Å². The van der Waals surface area contributed by atoms with Crippen molar-refractivity contribution >= 4 is 8.32 Å². The van der Waals surface area contributed by atoms with Crippen LogP contribution in [-0.2, 0) is 0 Å². The topological polar surface area (TPSA) is 18.5 Å². The largest absolute Gasteiger partial charge is 0.540 e. The number of benzene rings is 1. The predicted molar refractivity (Wildman–Crippen MR) is 98.5 cm³/mol. The minimum atomic E-state index is -1.93. The minimum absolute atomic E-state index is 0.566. The molecule has 0 atom stereocenters. The molecule has 22 heavy (non-hydrogen) atoms. The third-order valence-corrected chi connectivity index (χ3v) is 10.6. The van der Waals surface area contributed by atoms with Crippen molar-refractivity contribution in [3.05, 3.63) is 24.3 Å². The van der Waals surface area contributed by atoms with E-state index in [1.54, 1.807) is 0 Å². The summed E-state index contributed by atoms with van der Waals surface area (Å²) in [6.45, 7) is 16.8. The molecule has 0 heterocycles. The second-order valence-electron chi connectivity index (χ2n) is 7.07. The van der Waals surface area contributed by atoms with E-state index in [-0.39, 0.29) is 0 Å². The molecule has 0 aromatic heterocycles. The molecule has 0 spiro atoms. The third-order valence-electron chi connectivity index (χ3n) is 4.60. The van der Waals surface area contributed by atoms with Crippen LogP contribution >= 0.6 is 0 Å². The van der Waals surface area contributed by atoms with E-state index in [0.717, 1.165) is 30.9 Å². The van der Waals surface area contributed by atoms with E-state index in [9.17, 15) is 0 Å². The summed E-state index contributed by atoms with van der Waals surface area (Å²) in [5, 5.41) is 0. The van der Waals surface area contributed by atoms with Gasteiger partial charge >= 0.3 is 0 Å². The number of para-hydroxylation sites is 2. The van der Waals surface area contributed by atoms with Crippen molar-refractivity contribution < 1.29 is 9.16 Å². The molecular weight excluding hydrogens is 288 g/mol. The first-order chi connectivity index (χ1) is 10.4. The Hall–Kier alpha value is -0.963. The van der Waals surface area contributed by atoms with Crippen LogP contribution in [0.4, 0.5) is 0 Å². The molecule has 0 aliphatic carbocycles. The van der Waals surface area contributed by atoms with Gasteiger partial charge < -0.3 is 9.16 Å². The van der Waals surface area contributed by atoms with Gasteiger partial charge in [-0.1, -0.05) is 67.0 Å². The van der Waals surface area contributed by atoms with E-state index in [1.165, 1.54) is 0 Å². The number of hydrogen-bond acceptors (Lipinski definition) is 2. The summed E-state index contributed by atoms with van der Waals surface area (Å²) >= 11 is 0. The summed E-state index contributed by atoms with van der Waals surface area (Å²) in [5.74, 6) is 1.83. The molecule has 0 N–H and O–H groups in total. The minimum Gasteiger partial charge on any atom is -0.540 e. The molecule has 3 heteroatoms. The van der Waals surface area contributed by atoms with E-state index in [0.29, 0.717) is 16.6 Å². The van der Waals surface area contributed by atoms with Gasteiger partial charge in [0.05, 0.1) is 6.61 Å². The maximum absolute atomic E-state index is 6.76. The van der Waals surface area contributed by atoms with E-state index in [4.69, 9.17) is 9.16 Å². The zero-order valence-electron chi connectivity index (χ0n) is 15.5. The molecule has 0 unspecified atom stereocenters. The van der Waals surface area contributed by atoms with Gasteiger partial charge in [0, 0.05) is 0 Å². The Morgan fingerprint density at radius 1 is 0.864 bits per heavy atom. The summed E-state index contributed by atoms with van der Waals surface area (Å²) in [5.41, 5.74) is 1.70. The normalized spacial score (nSPS) is 12.3. The Morgan fingerprint density at radius 2 is 1.36 bits per heavy atom. The van der Waals surface area contributed by atoms with Crippen molar-refractivity contribution in [2.45, 2.75) is 77.9 Å². The molecule has 0 radical (unpaired) electrons. The first-order valence-electron chi connectivity index (χ1n) is 8.77. The molecule has 1 aromatic carbocycles. The highest BCUT2D eigenvalue weighted by Gasteiger charge is 2.47. The van der Waals surface area contributed by atoms with Gasteiger partial charge in [0.15, 0.2) is 5.75 Å². The molecule has 126 valence electrons. The molecule has 0 aliphatic heterocycles. The summed E-state index contributed by atoms with van der Waals surface area (Å²) in [7, 11) is -1.93. The average molecular weight is 323 g/mol. The molecule has 0 aliphatic rings. The molecule has 0 bridgehead atoms. The van der Waals surface area contributed by atoms with Gasteiger partial charge in [0.25, 0.3) is 8.32 Å². The maximum atomic E-state index is 6.76. The fourth-order valence-corrected chi connectivity index (χ4v) is 8.78. The zero-order valence-corrected chi connectivity index (χ0v) is 16.5. The standard InChI is InChI=1S/C19H34O2Si/c1-8-9-14-20-18-12-10-11-13-19(18)21-22(15(2)3,16(4)5)17(6)7/h10-13,15-17H,8-9,14H2,1-7H3. The lowest BCUT2D eigenvalue weighted by Gasteiger charge is -2.42. The van der Waals surface area contributed by atoms with Crippen molar-refractivity contribution in [3.63, 3.8) is 0 Å². The number of unbranched alkanes of at least 4 members (excludes halogenated alkanes) is 1. The fraction of sp³-hybridized carbons (Fsp3) is 0.684. The van der Waals surface area contributed by atoms with E-state index < -0.39 is 8.32 Å². The van der Waals surface area contributed by atoms with Crippen molar-refractivity contribution in [2.24, 2.45) is 0 Å². The second-order valence-corrected chi connectivity index (χ2v) is 12.4. The summed E-state index contributed by atoms with van der Waals surface area (Å²) in [4.78, 5) is 0. The summed E-state index contributed by atoms with van der Waals surface area (Å²) in [6, 6.07) is 8.17. The number of rotatable bonds is 9. The van der Waals surface area contributed by atoms with Crippen LogP contribution in [0.3, 0.4) is 0 Å². The third kappa shape index (κ3) is 4.28. The van der Waals surface area contributed by atoms with Crippen LogP contribution in [0.5, 0.6) is 11.5 Å². The zero-order chi connectivity index (χ0) is 16.8. The molecule has 1 aromatic rings. The predicted octanol–water partition coefficient (Wildman–Crippen LogP) is 6.42. The monoisotopic (exact) mass is 322 g/mol. The molecule has 0 fully saturated rings. The highest BCUT2D eigenvalue weighted by atomic mass is 28.4. The molecule has 2 nitrogen and oxygen atoms in total. The highest BCUT2D eigenvalue weighted by Crippen LogP contribution is 2.44. The Balaban J connectivity index is 3.08. The van der Waals surface area contributed by atoms with Crippen LogP contribution in [-0.4, -0.2) is 14.9 Å². The number of ether oxygens (including phenoxy) is 1. The van der Waals surface area contributed by atoms with E-state index in [1.807, 2.05) is 18.2 Å². The van der Waals surface area contributed by atoms with Crippen molar-refractivity contribution in [3.8, 4) is 11.5 Å². The summed E-state index contributed by atoms with van der Waals surface area (Å²) in [6.07, 6.45) is 2.22. The molecule has 0 saturated carbocycles. The number of hydrogen-bond donors (Lipinski definition) is 0.